The first-order valence-electron chi connectivity index (χ1n) is 13.2. The highest BCUT2D eigenvalue weighted by Crippen LogP contribution is 2.37. The second-order valence-electron chi connectivity index (χ2n) is 10.1. The molecule has 1 aliphatic rings. The van der Waals surface area contributed by atoms with Gasteiger partial charge in [0.1, 0.15) is 17.6 Å². The van der Waals surface area contributed by atoms with Crippen LogP contribution in [0.25, 0.3) is 11.2 Å². The van der Waals surface area contributed by atoms with E-state index in [1.807, 2.05) is 6.92 Å². The van der Waals surface area contributed by atoms with Crippen molar-refractivity contribution >= 4 is 51.0 Å². The molecule has 4 atom stereocenters. The van der Waals surface area contributed by atoms with Crippen LogP contribution in [0.2, 0.25) is 0 Å². The summed E-state index contributed by atoms with van der Waals surface area (Å²) < 4.78 is 55.8. The lowest BCUT2D eigenvalue weighted by molar-refractivity contribution is -0.166. The second kappa shape index (κ2) is 12.5. The molecule has 16 nitrogen and oxygen atoms in total. The highest BCUT2D eigenvalue weighted by atomic mass is 32.2. The van der Waals surface area contributed by atoms with Crippen molar-refractivity contribution in [2.75, 3.05) is 11.9 Å². The molecule has 1 N–H and O–H groups in total. The Balaban J connectivity index is 1.85. The molecule has 3 aromatic rings. The van der Waals surface area contributed by atoms with Gasteiger partial charge in [-0.15, -0.1) is 0 Å². The number of hydrogen-bond donors (Lipinski definition) is 1. The maximum Gasteiger partial charge on any atom is 0.341 e. The Morgan fingerprint density at radius 3 is 2.11 bits per heavy atom. The standard InChI is InChI=1S/C27H31N5O11S/c1-12-8-13(2)23(14(3)9-12)44(37,38)43-25-20-24(30-27(31-25)29-15(4)33)32(11-28-20)26-22(41-18(7)36)21(40-17(6)35)19(42-26)10-39-16(5)34/h8-9,11,19,21-22,26H,10H2,1-7H3,(H,29,30,31,33)/t19-,21-,22-,26-/m1/s1. The zero-order valence-electron chi connectivity index (χ0n) is 24.9. The van der Waals surface area contributed by atoms with Crippen LogP contribution >= 0.6 is 0 Å². The van der Waals surface area contributed by atoms with Gasteiger partial charge in [0.2, 0.25) is 11.9 Å². The van der Waals surface area contributed by atoms with Crippen molar-refractivity contribution in [3.8, 4) is 5.88 Å². The van der Waals surface area contributed by atoms with E-state index in [1.165, 1.54) is 24.7 Å². The fourth-order valence-electron chi connectivity index (χ4n) is 4.97. The number of nitrogens with one attached hydrogen (secondary N) is 1. The van der Waals surface area contributed by atoms with Crippen LogP contribution in [0.5, 0.6) is 5.88 Å². The Bertz CT molecular complexity index is 1730. The molecular weight excluding hydrogens is 602 g/mol. The zero-order chi connectivity index (χ0) is 32.5. The molecule has 1 saturated heterocycles. The van der Waals surface area contributed by atoms with Gasteiger partial charge in [-0.2, -0.15) is 18.4 Å². The predicted octanol–water partition coefficient (Wildman–Crippen LogP) is 1.80. The Morgan fingerprint density at radius 1 is 0.932 bits per heavy atom. The normalized spacial score (nSPS) is 19.8. The molecule has 236 valence electrons. The summed E-state index contributed by atoms with van der Waals surface area (Å²) >= 11 is 0. The Kier molecular flexibility index (Phi) is 9.19. The lowest BCUT2D eigenvalue weighted by atomic mass is 10.1. The number of benzene rings is 1. The first-order chi connectivity index (χ1) is 20.6. The highest BCUT2D eigenvalue weighted by molar-refractivity contribution is 7.87. The summed E-state index contributed by atoms with van der Waals surface area (Å²) in [6.07, 6.45) is -3.69. The summed E-state index contributed by atoms with van der Waals surface area (Å²) in [6, 6.07) is 3.38. The Morgan fingerprint density at radius 2 is 1.55 bits per heavy atom. The van der Waals surface area contributed by atoms with Gasteiger partial charge >= 0.3 is 28.0 Å². The number of rotatable bonds is 9. The number of hydrogen-bond acceptors (Lipinski definition) is 14. The number of anilines is 1. The van der Waals surface area contributed by atoms with Crippen molar-refractivity contribution in [3.05, 3.63) is 35.2 Å². The van der Waals surface area contributed by atoms with E-state index in [0.29, 0.717) is 11.1 Å². The predicted molar refractivity (Wildman–Crippen MR) is 150 cm³/mol. The van der Waals surface area contributed by atoms with Crippen LogP contribution in [0.15, 0.2) is 23.4 Å². The lowest BCUT2D eigenvalue weighted by Crippen LogP contribution is -2.40. The maximum atomic E-state index is 13.5. The van der Waals surface area contributed by atoms with Gasteiger partial charge in [0.25, 0.3) is 5.88 Å². The van der Waals surface area contributed by atoms with Crippen LogP contribution in [-0.4, -0.2) is 76.7 Å². The second-order valence-corrected chi connectivity index (χ2v) is 11.6. The summed E-state index contributed by atoms with van der Waals surface area (Å²) in [6.45, 7) is 9.37. The molecule has 0 saturated carbocycles. The largest absolute Gasteiger partial charge is 0.463 e. The first kappa shape index (κ1) is 32.3. The van der Waals surface area contributed by atoms with E-state index in [4.69, 9.17) is 23.1 Å². The van der Waals surface area contributed by atoms with Gasteiger partial charge in [-0.05, 0) is 31.9 Å². The van der Waals surface area contributed by atoms with Crippen LogP contribution in [0.1, 0.15) is 50.6 Å². The number of aryl methyl sites for hydroxylation is 3. The fourth-order valence-corrected chi connectivity index (χ4v) is 6.29. The van der Waals surface area contributed by atoms with E-state index in [0.717, 1.165) is 19.4 Å². The van der Waals surface area contributed by atoms with Crippen molar-refractivity contribution in [1.29, 1.82) is 0 Å². The average molecular weight is 634 g/mol. The van der Waals surface area contributed by atoms with E-state index >= 15 is 0 Å². The van der Waals surface area contributed by atoms with Gasteiger partial charge in [-0.3, -0.25) is 29.1 Å². The number of nitrogens with zero attached hydrogens (tertiary/aromatic N) is 4. The third-order valence-electron chi connectivity index (χ3n) is 6.34. The molecule has 0 unspecified atom stereocenters. The van der Waals surface area contributed by atoms with E-state index in [9.17, 15) is 27.6 Å². The smallest absolute Gasteiger partial charge is 0.341 e. The number of ether oxygens (including phenoxy) is 4. The van der Waals surface area contributed by atoms with Gasteiger partial charge in [-0.1, -0.05) is 17.7 Å². The summed E-state index contributed by atoms with van der Waals surface area (Å²) in [7, 11) is -4.47. The van der Waals surface area contributed by atoms with Gasteiger partial charge in [0, 0.05) is 27.7 Å². The van der Waals surface area contributed by atoms with E-state index < -0.39 is 64.4 Å². The molecule has 4 rings (SSSR count). The van der Waals surface area contributed by atoms with Crippen LogP contribution in [-0.2, 0) is 48.2 Å². The third kappa shape index (κ3) is 6.94. The molecule has 0 bridgehead atoms. The Hall–Kier alpha value is -4.64. The van der Waals surface area contributed by atoms with Crippen molar-refractivity contribution < 1.29 is 50.7 Å². The molecule has 44 heavy (non-hydrogen) atoms. The molecule has 2 aromatic heterocycles. The monoisotopic (exact) mass is 633 g/mol. The van der Waals surface area contributed by atoms with Crippen molar-refractivity contribution in [3.63, 3.8) is 0 Å². The van der Waals surface area contributed by atoms with Crippen molar-refractivity contribution in [1.82, 2.24) is 19.5 Å². The molecule has 0 radical (unpaired) electrons. The molecule has 1 amide bonds. The fraction of sp³-hybridized carbons (Fsp3) is 0.444. The molecule has 3 heterocycles. The van der Waals surface area contributed by atoms with Gasteiger partial charge < -0.3 is 23.1 Å². The number of aromatic nitrogens is 4. The minimum atomic E-state index is -4.47. The van der Waals surface area contributed by atoms with E-state index in [1.54, 1.807) is 26.0 Å². The molecule has 0 spiro atoms. The first-order valence-corrected chi connectivity index (χ1v) is 14.7. The minimum absolute atomic E-state index is 0.0676. The number of fused-ring (bicyclic) bond motifs is 1. The van der Waals surface area contributed by atoms with E-state index in [2.05, 4.69) is 20.3 Å². The van der Waals surface area contributed by atoms with Crippen molar-refractivity contribution in [2.45, 2.75) is 77.9 Å². The molecule has 0 aliphatic carbocycles. The van der Waals surface area contributed by atoms with E-state index in [-0.39, 0.29) is 28.6 Å². The quantitative estimate of drug-likeness (QED) is 0.203. The number of esters is 3. The van der Waals surface area contributed by atoms with Crippen molar-refractivity contribution in [2.24, 2.45) is 0 Å². The molecule has 1 aromatic carbocycles. The van der Waals surface area contributed by atoms with Gasteiger partial charge in [0.05, 0.1) is 6.33 Å². The summed E-state index contributed by atoms with van der Waals surface area (Å²) in [4.78, 5) is 60.0. The third-order valence-corrected chi connectivity index (χ3v) is 7.86. The van der Waals surface area contributed by atoms with Gasteiger partial charge in [-0.25, -0.2) is 4.98 Å². The molecule has 1 aliphatic heterocycles. The number of carbonyl (C=O) groups excluding carboxylic acids is 4. The number of imidazole rings is 1. The molecular formula is C27H31N5O11S. The van der Waals surface area contributed by atoms with Crippen LogP contribution < -0.4 is 9.50 Å². The SMILES string of the molecule is CC(=O)Nc1nc(OS(=O)(=O)c2c(C)cc(C)cc2C)c2ncn([C@@H]3O[C@H](COC(C)=O)[C@@H](OC(C)=O)[C@H]3OC(C)=O)c2n1. The topological polar surface area (TPSA) is 204 Å². The highest BCUT2D eigenvalue weighted by Gasteiger charge is 2.51. The molecule has 1 fully saturated rings. The zero-order valence-corrected chi connectivity index (χ0v) is 25.8. The van der Waals surface area contributed by atoms with Crippen LogP contribution in [0, 0.1) is 20.8 Å². The van der Waals surface area contributed by atoms with Crippen LogP contribution in [0.3, 0.4) is 0 Å². The Labute approximate surface area is 252 Å². The summed E-state index contributed by atoms with van der Waals surface area (Å²) in [5, 5.41) is 2.39. The summed E-state index contributed by atoms with van der Waals surface area (Å²) in [5.41, 5.74) is 1.50. The van der Waals surface area contributed by atoms with Gasteiger partial charge in [0.15, 0.2) is 29.6 Å². The summed E-state index contributed by atoms with van der Waals surface area (Å²) in [5.74, 6) is -3.51. The van der Waals surface area contributed by atoms with Crippen LogP contribution in [0.4, 0.5) is 5.95 Å². The molecule has 17 heteroatoms. The lowest BCUT2D eigenvalue weighted by Gasteiger charge is -2.23. The number of carbonyl (C=O) groups is 4. The maximum absolute atomic E-state index is 13.5. The number of amides is 1. The minimum Gasteiger partial charge on any atom is -0.463 e. The average Bonchev–Trinajstić information content (AvgIpc) is 3.42.